The molecule has 0 saturated heterocycles. The molecular weight excluding hydrogens is 368 g/mol. The van der Waals surface area contributed by atoms with Crippen molar-refractivity contribution < 1.29 is 28.7 Å². The maximum Gasteiger partial charge on any atom is 0.339 e. The molecule has 1 atom stereocenters. The van der Waals surface area contributed by atoms with Gasteiger partial charge in [-0.3, -0.25) is 14.9 Å². The second-order valence-electron chi connectivity index (χ2n) is 5.76. The Bertz CT molecular complexity index is 865. The summed E-state index contributed by atoms with van der Waals surface area (Å²) in [5.41, 5.74) is 0.425. The Morgan fingerprint density at radius 3 is 2.36 bits per heavy atom. The number of benzene rings is 2. The van der Waals surface area contributed by atoms with Crippen molar-refractivity contribution >= 4 is 17.6 Å². The summed E-state index contributed by atoms with van der Waals surface area (Å²) in [6.07, 6.45) is -1.08. The Labute approximate surface area is 161 Å². The topological polar surface area (TPSA) is 117 Å². The lowest BCUT2D eigenvalue weighted by Crippen LogP contribution is -2.35. The standard InChI is InChI=1S/C19H20N2O7/c1-12(18(22)20-11-13-4-7-15(26-2)8-5-13)28-19(23)14-6-9-17(27-3)16(10-14)21(24)25/h4-10,12H,11H2,1-3H3,(H,20,22)/t12-/m1/s1. The highest BCUT2D eigenvalue weighted by Gasteiger charge is 2.22. The molecule has 1 amide bonds. The zero-order chi connectivity index (χ0) is 20.7. The molecule has 0 heterocycles. The van der Waals surface area contributed by atoms with Crippen LogP contribution in [-0.4, -0.2) is 37.1 Å². The van der Waals surface area contributed by atoms with Gasteiger partial charge in [-0.2, -0.15) is 0 Å². The lowest BCUT2D eigenvalue weighted by Gasteiger charge is -2.14. The zero-order valence-corrected chi connectivity index (χ0v) is 15.6. The van der Waals surface area contributed by atoms with Gasteiger partial charge in [0, 0.05) is 12.6 Å². The molecule has 0 fully saturated rings. The van der Waals surface area contributed by atoms with Crippen LogP contribution in [0.2, 0.25) is 0 Å². The summed E-state index contributed by atoms with van der Waals surface area (Å²) in [5, 5.41) is 13.7. The Kier molecular flexibility index (Phi) is 6.91. The van der Waals surface area contributed by atoms with E-state index >= 15 is 0 Å². The van der Waals surface area contributed by atoms with Crippen molar-refractivity contribution in [2.24, 2.45) is 0 Å². The summed E-state index contributed by atoms with van der Waals surface area (Å²) in [6.45, 7) is 1.66. The first-order valence-corrected chi connectivity index (χ1v) is 8.29. The SMILES string of the molecule is COc1ccc(CNC(=O)[C@@H](C)OC(=O)c2ccc(OC)c([N+](=O)[O-])c2)cc1. The fraction of sp³-hybridized carbons (Fsp3) is 0.263. The summed E-state index contributed by atoms with van der Waals surface area (Å²) < 4.78 is 15.0. The van der Waals surface area contributed by atoms with Crippen LogP contribution in [0.25, 0.3) is 0 Å². The van der Waals surface area contributed by atoms with Gasteiger partial charge in [0.1, 0.15) is 5.75 Å². The van der Waals surface area contributed by atoms with Gasteiger partial charge >= 0.3 is 11.7 Å². The lowest BCUT2D eigenvalue weighted by atomic mass is 10.2. The van der Waals surface area contributed by atoms with E-state index < -0.39 is 22.9 Å². The highest BCUT2D eigenvalue weighted by atomic mass is 16.6. The van der Waals surface area contributed by atoms with E-state index in [4.69, 9.17) is 14.2 Å². The number of carbonyl (C=O) groups is 2. The molecule has 2 aromatic carbocycles. The van der Waals surface area contributed by atoms with Crippen LogP contribution in [0.4, 0.5) is 5.69 Å². The Morgan fingerprint density at radius 1 is 1.11 bits per heavy atom. The van der Waals surface area contributed by atoms with Gasteiger partial charge in [0.15, 0.2) is 11.9 Å². The molecule has 0 aromatic heterocycles. The number of esters is 1. The van der Waals surface area contributed by atoms with E-state index in [-0.39, 0.29) is 23.5 Å². The van der Waals surface area contributed by atoms with E-state index in [2.05, 4.69) is 5.32 Å². The molecule has 0 spiro atoms. The van der Waals surface area contributed by atoms with Gasteiger partial charge in [0.05, 0.1) is 24.7 Å². The van der Waals surface area contributed by atoms with Crippen LogP contribution < -0.4 is 14.8 Å². The second-order valence-corrected chi connectivity index (χ2v) is 5.76. The van der Waals surface area contributed by atoms with Crippen molar-refractivity contribution in [2.45, 2.75) is 19.6 Å². The smallest absolute Gasteiger partial charge is 0.339 e. The number of ether oxygens (including phenoxy) is 3. The summed E-state index contributed by atoms with van der Waals surface area (Å²) in [5.74, 6) is -0.622. The fourth-order valence-electron chi connectivity index (χ4n) is 2.32. The molecule has 9 heteroatoms. The minimum atomic E-state index is -1.08. The molecule has 2 rings (SSSR count). The van der Waals surface area contributed by atoms with Gasteiger partial charge < -0.3 is 19.5 Å². The van der Waals surface area contributed by atoms with E-state index in [1.165, 1.54) is 26.2 Å². The lowest BCUT2D eigenvalue weighted by molar-refractivity contribution is -0.385. The first kappa shape index (κ1) is 20.7. The van der Waals surface area contributed by atoms with Crippen LogP contribution in [0.3, 0.4) is 0 Å². The van der Waals surface area contributed by atoms with E-state index in [0.717, 1.165) is 11.6 Å². The van der Waals surface area contributed by atoms with Crippen molar-refractivity contribution in [1.29, 1.82) is 0 Å². The van der Waals surface area contributed by atoms with E-state index in [9.17, 15) is 19.7 Å². The number of methoxy groups -OCH3 is 2. The summed E-state index contributed by atoms with van der Waals surface area (Å²) >= 11 is 0. The second kappa shape index (κ2) is 9.36. The van der Waals surface area contributed by atoms with Gasteiger partial charge in [-0.1, -0.05) is 12.1 Å². The Balaban J connectivity index is 1.96. The average molecular weight is 388 g/mol. The number of hydrogen-bond donors (Lipinski definition) is 1. The summed E-state index contributed by atoms with van der Waals surface area (Å²) in [4.78, 5) is 34.7. The molecule has 1 N–H and O–H groups in total. The molecule has 0 aliphatic carbocycles. The van der Waals surface area contributed by atoms with Crippen molar-refractivity contribution in [3.05, 3.63) is 63.7 Å². The van der Waals surface area contributed by atoms with Gasteiger partial charge in [-0.25, -0.2) is 4.79 Å². The fourth-order valence-corrected chi connectivity index (χ4v) is 2.32. The number of carbonyl (C=O) groups excluding carboxylic acids is 2. The molecule has 0 saturated carbocycles. The first-order chi connectivity index (χ1) is 13.3. The number of rotatable bonds is 8. The summed E-state index contributed by atoms with van der Waals surface area (Å²) in [7, 11) is 2.85. The van der Waals surface area contributed by atoms with Crippen molar-refractivity contribution in [3.8, 4) is 11.5 Å². The molecule has 0 radical (unpaired) electrons. The molecule has 0 aliphatic heterocycles. The molecule has 9 nitrogen and oxygen atoms in total. The third-order valence-corrected chi connectivity index (χ3v) is 3.89. The molecule has 0 bridgehead atoms. The van der Waals surface area contributed by atoms with Crippen LogP contribution in [0.5, 0.6) is 11.5 Å². The quantitative estimate of drug-likeness (QED) is 0.419. The average Bonchev–Trinajstić information content (AvgIpc) is 2.71. The van der Waals surface area contributed by atoms with Gasteiger partial charge in [-0.15, -0.1) is 0 Å². The molecule has 2 aromatic rings. The molecule has 148 valence electrons. The highest BCUT2D eigenvalue weighted by molar-refractivity contribution is 5.93. The van der Waals surface area contributed by atoms with E-state index in [1.807, 2.05) is 0 Å². The normalized spacial score (nSPS) is 11.2. The van der Waals surface area contributed by atoms with Crippen LogP contribution in [0.15, 0.2) is 42.5 Å². The van der Waals surface area contributed by atoms with Gasteiger partial charge in [-0.05, 0) is 36.8 Å². The minimum absolute atomic E-state index is 0.0202. The third kappa shape index (κ3) is 5.19. The first-order valence-electron chi connectivity index (χ1n) is 8.29. The van der Waals surface area contributed by atoms with Crippen LogP contribution >= 0.6 is 0 Å². The van der Waals surface area contributed by atoms with Gasteiger partial charge in [0.25, 0.3) is 5.91 Å². The Morgan fingerprint density at radius 2 is 1.79 bits per heavy atom. The number of nitrogens with zero attached hydrogens (tertiary/aromatic N) is 1. The number of nitrogens with one attached hydrogen (secondary N) is 1. The summed E-state index contributed by atoms with van der Waals surface area (Å²) in [6, 6.07) is 10.8. The van der Waals surface area contributed by atoms with Crippen LogP contribution in [0.1, 0.15) is 22.8 Å². The van der Waals surface area contributed by atoms with Gasteiger partial charge in [0.2, 0.25) is 0 Å². The molecule has 0 unspecified atom stereocenters. The zero-order valence-electron chi connectivity index (χ0n) is 15.6. The molecule has 0 aliphatic rings. The van der Waals surface area contributed by atoms with Crippen LogP contribution in [-0.2, 0) is 16.1 Å². The number of amides is 1. The monoisotopic (exact) mass is 388 g/mol. The number of nitro benzene ring substituents is 1. The van der Waals surface area contributed by atoms with Crippen molar-refractivity contribution in [1.82, 2.24) is 5.32 Å². The van der Waals surface area contributed by atoms with Crippen LogP contribution in [0, 0.1) is 10.1 Å². The predicted molar refractivity (Wildman–Crippen MR) is 99.4 cm³/mol. The van der Waals surface area contributed by atoms with Crippen molar-refractivity contribution in [2.75, 3.05) is 14.2 Å². The van der Waals surface area contributed by atoms with Crippen molar-refractivity contribution in [3.63, 3.8) is 0 Å². The van der Waals surface area contributed by atoms with E-state index in [0.29, 0.717) is 5.75 Å². The highest BCUT2D eigenvalue weighted by Crippen LogP contribution is 2.27. The minimum Gasteiger partial charge on any atom is -0.497 e. The molecule has 28 heavy (non-hydrogen) atoms. The largest absolute Gasteiger partial charge is 0.497 e. The predicted octanol–water partition coefficient (Wildman–Crippen LogP) is 2.47. The maximum absolute atomic E-state index is 12.2. The third-order valence-electron chi connectivity index (χ3n) is 3.89. The van der Waals surface area contributed by atoms with E-state index in [1.54, 1.807) is 31.4 Å². The number of nitro groups is 1. The molecular formula is C19H20N2O7. The number of hydrogen-bond acceptors (Lipinski definition) is 7. The maximum atomic E-state index is 12.2. The Hall–Kier alpha value is -3.62.